The minimum Gasteiger partial charge on any atom is -0.313 e. The summed E-state index contributed by atoms with van der Waals surface area (Å²) in [5.74, 6) is 1.05. The molecule has 1 aromatic heterocycles. The van der Waals surface area contributed by atoms with E-state index in [2.05, 4.69) is 99.8 Å². The first-order valence-corrected chi connectivity index (χ1v) is 8.86. The SMILES string of the molecule is Cc1ccc(-n2c(-c3ccc(C(C)C)cc3)ccc2C(C)C)cc1. The van der Waals surface area contributed by atoms with Gasteiger partial charge in [-0.1, -0.05) is 69.7 Å². The zero-order valence-electron chi connectivity index (χ0n) is 15.4. The summed E-state index contributed by atoms with van der Waals surface area (Å²) in [6.45, 7) is 11.1. The second-order valence-electron chi connectivity index (χ2n) is 7.25. The topological polar surface area (TPSA) is 4.93 Å². The Labute approximate surface area is 146 Å². The smallest absolute Gasteiger partial charge is 0.0531 e. The number of benzene rings is 2. The fourth-order valence-electron chi connectivity index (χ4n) is 3.15. The first kappa shape index (κ1) is 16.6. The Bertz CT molecular complexity index is 802. The molecule has 0 spiro atoms. The van der Waals surface area contributed by atoms with Gasteiger partial charge in [0.05, 0.1) is 5.69 Å². The Morgan fingerprint density at radius 2 is 1.29 bits per heavy atom. The van der Waals surface area contributed by atoms with Crippen LogP contribution in [0, 0.1) is 6.92 Å². The van der Waals surface area contributed by atoms with E-state index in [0.29, 0.717) is 11.8 Å². The molecule has 0 amide bonds. The van der Waals surface area contributed by atoms with Crippen LogP contribution in [0.2, 0.25) is 0 Å². The molecule has 0 aliphatic carbocycles. The molecule has 0 saturated carbocycles. The molecule has 1 heteroatoms. The van der Waals surface area contributed by atoms with E-state index >= 15 is 0 Å². The van der Waals surface area contributed by atoms with Crippen molar-refractivity contribution in [3.05, 3.63) is 77.5 Å². The van der Waals surface area contributed by atoms with Crippen molar-refractivity contribution in [3.8, 4) is 16.9 Å². The number of rotatable bonds is 4. The maximum atomic E-state index is 2.40. The van der Waals surface area contributed by atoms with Gasteiger partial charge in [-0.15, -0.1) is 0 Å². The Kier molecular flexibility index (Phi) is 4.62. The molecule has 24 heavy (non-hydrogen) atoms. The predicted octanol–water partition coefficient (Wildman–Crippen LogP) is 6.70. The summed E-state index contributed by atoms with van der Waals surface area (Å²) in [4.78, 5) is 0. The average Bonchev–Trinajstić information content (AvgIpc) is 3.01. The Morgan fingerprint density at radius 1 is 0.667 bits per heavy atom. The van der Waals surface area contributed by atoms with Gasteiger partial charge in [-0.25, -0.2) is 0 Å². The van der Waals surface area contributed by atoms with Gasteiger partial charge in [-0.05, 0) is 54.2 Å². The minimum absolute atomic E-state index is 0.481. The second-order valence-corrected chi connectivity index (χ2v) is 7.25. The highest BCUT2D eigenvalue weighted by atomic mass is 15.0. The number of aryl methyl sites for hydroxylation is 1. The number of nitrogens with zero attached hydrogens (tertiary/aromatic N) is 1. The summed E-state index contributed by atoms with van der Waals surface area (Å²) in [5, 5.41) is 0. The van der Waals surface area contributed by atoms with Crippen molar-refractivity contribution in [2.45, 2.75) is 46.5 Å². The van der Waals surface area contributed by atoms with Crippen molar-refractivity contribution in [2.24, 2.45) is 0 Å². The normalized spacial score (nSPS) is 11.5. The summed E-state index contributed by atoms with van der Waals surface area (Å²) in [7, 11) is 0. The van der Waals surface area contributed by atoms with Crippen LogP contribution in [0.15, 0.2) is 60.7 Å². The molecular weight excluding hydrogens is 290 g/mol. The molecule has 0 unspecified atom stereocenters. The van der Waals surface area contributed by atoms with Gasteiger partial charge in [0.25, 0.3) is 0 Å². The summed E-state index contributed by atoms with van der Waals surface area (Å²) < 4.78 is 2.40. The van der Waals surface area contributed by atoms with E-state index in [1.807, 2.05) is 0 Å². The monoisotopic (exact) mass is 317 g/mol. The summed E-state index contributed by atoms with van der Waals surface area (Å²) in [5.41, 5.74) is 7.79. The number of hydrogen-bond donors (Lipinski definition) is 0. The van der Waals surface area contributed by atoms with E-state index in [1.54, 1.807) is 0 Å². The molecule has 1 nitrogen and oxygen atoms in total. The van der Waals surface area contributed by atoms with E-state index in [0.717, 1.165) is 0 Å². The van der Waals surface area contributed by atoms with Crippen molar-refractivity contribution >= 4 is 0 Å². The zero-order valence-corrected chi connectivity index (χ0v) is 15.4. The van der Waals surface area contributed by atoms with Crippen LogP contribution < -0.4 is 0 Å². The van der Waals surface area contributed by atoms with Crippen molar-refractivity contribution in [3.63, 3.8) is 0 Å². The van der Waals surface area contributed by atoms with Crippen LogP contribution in [0.5, 0.6) is 0 Å². The predicted molar refractivity (Wildman–Crippen MR) is 104 cm³/mol. The third kappa shape index (κ3) is 3.17. The molecule has 3 rings (SSSR count). The van der Waals surface area contributed by atoms with E-state index in [-0.39, 0.29) is 0 Å². The molecule has 3 aromatic rings. The first-order chi connectivity index (χ1) is 11.5. The quantitative estimate of drug-likeness (QED) is 0.504. The molecule has 2 aromatic carbocycles. The van der Waals surface area contributed by atoms with Gasteiger partial charge in [0, 0.05) is 11.4 Å². The molecule has 0 aliphatic rings. The van der Waals surface area contributed by atoms with E-state index in [1.165, 1.54) is 33.8 Å². The van der Waals surface area contributed by atoms with E-state index in [9.17, 15) is 0 Å². The van der Waals surface area contributed by atoms with Crippen LogP contribution in [0.1, 0.15) is 56.4 Å². The highest BCUT2D eigenvalue weighted by Gasteiger charge is 2.14. The Morgan fingerprint density at radius 3 is 1.83 bits per heavy atom. The highest BCUT2D eigenvalue weighted by molar-refractivity contribution is 5.65. The molecule has 0 aliphatic heterocycles. The molecule has 1 heterocycles. The van der Waals surface area contributed by atoms with Gasteiger partial charge in [-0.2, -0.15) is 0 Å². The molecule has 0 fully saturated rings. The lowest BCUT2D eigenvalue weighted by molar-refractivity contribution is 0.789. The molecule has 0 radical (unpaired) electrons. The summed E-state index contributed by atoms with van der Waals surface area (Å²) in [6.07, 6.45) is 0. The molecule has 0 N–H and O–H groups in total. The third-order valence-electron chi connectivity index (χ3n) is 4.67. The lowest BCUT2D eigenvalue weighted by Crippen LogP contribution is -2.03. The maximum absolute atomic E-state index is 2.40. The lowest BCUT2D eigenvalue weighted by atomic mass is 10.0. The van der Waals surface area contributed by atoms with Crippen molar-refractivity contribution in [1.82, 2.24) is 4.57 Å². The van der Waals surface area contributed by atoms with Gasteiger partial charge in [0.2, 0.25) is 0 Å². The summed E-state index contributed by atoms with van der Waals surface area (Å²) >= 11 is 0. The van der Waals surface area contributed by atoms with Gasteiger partial charge in [-0.3, -0.25) is 0 Å². The molecule has 0 bridgehead atoms. The van der Waals surface area contributed by atoms with Gasteiger partial charge < -0.3 is 4.57 Å². The summed E-state index contributed by atoms with van der Waals surface area (Å²) in [6, 6.07) is 22.3. The van der Waals surface area contributed by atoms with E-state index in [4.69, 9.17) is 0 Å². The number of hydrogen-bond acceptors (Lipinski definition) is 0. The Hall–Kier alpha value is -2.28. The van der Waals surface area contributed by atoms with Crippen molar-refractivity contribution < 1.29 is 0 Å². The first-order valence-electron chi connectivity index (χ1n) is 8.86. The molecule has 0 saturated heterocycles. The van der Waals surface area contributed by atoms with Crippen molar-refractivity contribution in [1.29, 1.82) is 0 Å². The standard InChI is InChI=1S/C23H27N/c1-16(2)19-8-10-20(11-9-19)23-15-14-22(17(3)4)24(23)21-12-6-18(5)7-13-21/h6-17H,1-5H3. The maximum Gasteiger partial charge on any atom is 0.0531 e. The van der Waals surface area contributed by atoms with Gasteiger partial charge in [0.15, 0.2) is 0 Å². The molecular formula is C23H27N. The number of aromatic nitrogens is 1. The minimum atomic E-state index is 0.481. The highest BCUT2D eigenvalue weighted by Crippen LogP contribution is 2.31. The third-order valence-corrected chi connectivity index (χ3v) is 4.67. The van der Waals surface area contributed by atoms with Crippen LogP contribution in [0.25, 0.3) is 16.9 Å². The Balaban J connectivity index is 2.13. The van der Waals surface area contributed by atoms with Gasteiger partial charge in [0.1, 0.15) is 0 Å². The fourth-order valence-corrected chi connectivity index (χ4v) is 3.15. The van der Waals surface area contributed by atoms with Gasteiger partial charge >= 0.3 is 0 Å². The zero-order chi connectivity index (χ0) is 17.3. The largest absolute Gasteiger partial charge is 0.313 e. The average molecular weight is 317 g/mol. The molecule has 0 atom stereocenters. The second kappa shape index (κ2) is 6.68. The van der Waals surface area contributed by atoms with Crippen LogP contribution >= 0.6 is 0 Å². The van der Waals surface area contributed by atoms with E-state index < -0.39 is 0 Å². The molecule has 124 valence electrons. The fraction of sp³-hybridized carbons (Fsp3) is 0.304. The van der Waals surface area contributed by atoms with Crippen LogP contribution in [-0.4, -0.2) is 4.57 Å². The lowest BCUT2D eigenvalue weighted by Gasteiger charge is -2.17. The van der Waals surface area contributed by atoms with Crippen molar-refractivity contribution in [2.75, 3.05) is 0 Å². The van der Waals surface area contributed by atoms with Crippen LogP contribution in [-0.2, 0) is 0 Å². The van der Waals surface area contributed by atoms with Crippen LogP contribution in [0.4, 0.5) is 0 Å². The van der Waals surface area contributed by atoms with Crippen LogP contribution in [0.3, 0.4) is 0 Å².